The molecule has 0 aliphatic carbocycles. The second-order valence-corrected chi connectivity index (χ2v) is 6.98. The molecule has 1 rings (SSSR count). The van der Waals surface area contributed by atoms with Gasteiger partial charge in [-0.2, -0.15) is 0 Å². The van der Waals surface area contributed by atoms with E-state index in [1.807, 2.05) is 0 Å². The van der Waals surface area contributed by atoms with Crippen LogP contribution in [0.5, 0.6) is 0 Å². The van der Waals surface area contributed by atoms with E-state index in [0.717, 1.165) is 21.3 Å². The van der Waals surface area contributed by atoms with Gasteiger partial charge in [0.25, 0.3) is 0 Å². The minimum Gasteiger partial charge on any atom is -0.468 e. The molecule has 11 heteroatoms. The summed E-state index contributed by atoms with van der Waals surface area (Å²) in [6.07, 6.45) is -0.00853. The van der Waals surface area contributed by atoms with E-state index < -0.39 is 59.5 Å². The molecule has 3 atom stereocenters. The number of rotatable bonds is 10. The Morgan fingerprint density at radius 3 is 1.81 bits per heavy atom. The van der Waals surface area contributed by atoms with Gasteiger partial charge in [0.15, 0.2) is 5.92 Å². The number of amides is 2. The van der Waals surface area contributed by atoms with Crippen molar-refractivity contribution >= 4 is 29.7 Å². The van der Waals surface area contributed by atoms with E-state index >= 15 is 0 Å². The highest BCUT2D eigenvalue weighted by Gasteiger charge is 2.43. The molecule has 0 aliphatic heterocycles. The van der Waals surface area contributed by atoms with Gasteiger partial charge in [0, 0.05) is 19.3 Å². The van der Waals surface area contributed by atoms with Crippen molar-refractivity contribution in [1.29, 1.82) is 0 Å². The molecule has 0 bridgehead atoms. The highest BCUT2D eigenvalue weighted by atomic mass is 19.1. The molecule has 32 heavy (non-hydrogen) atoms. The van der Waals surface area contributed by atoms with Crippen LogP contribution in [0.3, 0.4) is 0 Å². The number of nitrogens with one attached hydrogen (secondary N) is 2. The van der Waals surface area contributed by atoms with Crippen LogP contribution in [-0.2, 0) is 44.6 Å². The summed E-state index contributed by atoms with van der Waals surface area (Å²) in [6, 6.07) is 2.72. The van der Waals surface area contributed by atoms with Crippen LogP contribution in [0.2, 0.25) is 0 Å². The van der Waals surface area contributed by atoms with E-state index in [0.29, 0.717) is 5.56 Å². The normalized spacial score (nSPS) is 13.3. The summed E-state index contributed by atoms with van der Waals surface area (Å²) in [5.74, 6) is -7.25. The third kappa shape index (κ3) is 7.33. The smallest absolute Gasteiger partial charge is 0.328 e. The number of hydrogen-bond acceptors (Lipinski definition) is 8. The first-order valence-electron chi connectivity index (χ1n) is 9.61. The fourth-order valence-corrected chi connectivity index (χ4v) is 3.07. The van der Waals surface area contributed by atoms with Crippen molar-refractivity contribution < 1.29 is 42.6 Å². The van der Waals surface area contributed by atoms with Crippen LogP contribution >= 0.6 is 0 Å². The minimum absolute atomic E-state index is 0.00853. The minimum atomic E-state index is -1.52. The van der Waals surface area contributed by atoms with Crippen LogP contribution in [0.25, 0.3) is 0 Å². The number of esters is 3. The third-order valence-corrected chi connectivity index (χ3v) is 4.76. The number of hydrogen-bond donors (Lipinski definition) is 2. The number of methoxy groups -OCH3 is 3. The van der Waals surface area contributed by atoms with Crippen LogP contribution in [-0.4, -0.2) is 63.1 Å². The molecule has 0 saturated carbocycles. The van der Waals surface area contributed by atoms with E-state index in [9.17, 15) is 28.4 Å². The van der Waals surface area contributed by atoms with Crippen molar-refractivity contribution in [3.63, 3.8) is 0 Å². The average Bonchev–Trinajstić information content (AvgIpc) is 2.76. The maximum Gasteiger partial charge on any atom is 0.328 e. The van der Waals surface area contributed by atoms with Gasteiger partial charge in [0.2, 0.25) is 11.8 Å². The first-order chi connectivity index (χ1) is 15.0. The Kier molecular flexibility index (Phi) is 10.3. The van der Waals surface area contributed by atoms with Gasteiger partial charge in [0.1, 0.15) is 17.9 Å². The molecule has 1 aromatic rings. The zero-order valence-corrected chi connectivity index (χ0v) is 18.5. The van der Waals surface area contributed by atoms with E-state index in [2.05, 4.69) is 20.1 Å². The van der Waals surface area contributed by atoms with Gasteiger partial charge in [-0.25, -0.2) is 9.18 Å². The first kappa shape index (κ1) is 26.5. The Morgan fingerprint density at radius 1 is 0.875 bits per heavy atom. The van der Waals surface area contributed by atoms with Crippen molar-refractivity contribution in [1.82, 2.24) is 10.6 Å². The largest absolute Gasteiger partial charge is 0.468 e. The summed E-state index contributed by atoms with van der Waals surface area (Å²) in [7, 11) is 3.20. The zero-order chi connectivity index (χ0) is 24.4. The second kappa shape index (κ2) is 12.4. The van der Waals surface area contributed by atoms with Gasteiger partial charge in [0.05, 0.1) is 21.3 Å². The number of halogens is 1. The van der Waals surface area contributed by atoms with Crippen LogP contribution in [0.4, 0.5) is 4.39 Å². The van der Waals surface area contributed by atoms with E-state index in [1.54, 1.807) is 0 Å². The highest BCUT2D eigenvalue weighted by molar-refractivity contribution is 5.97. The number of benzene rings is 1. The van der Waals surface area contributed by atoms with Crippen LogP contribution in [0.15, 0.2) is 24.3 Å². The Morgan fingerprint density at radius 2 is 1.38 bits per heavy atom. The monoisotopic (exact) mass is 454 g/mol. The summed E-state index contributed by atoms with van der Waals surface area (Å²) < 4.78 is 27.1. The van der Waals surface area contributed by atoms with Crippen LogP contribution in [0.1, 0.15) is 19.4 Å². The lowest BCUT2D eigenvalue weighted by Crippen LogP contribution is -2.56. The first-order valence-corrected chi connectivity index (χ1v) is 9.61. The molecule has 10 nitrogen and oxygen atoms in total. The lowest BCUT2D eigenvalue weighted by Gasteiger charge is -2.28. The summed E-state index contributed by atoms with van der Waals surface area (Å²) in [6.45, 7) is 2.57. The lowest BCUT2D eigenvalue weighted by atomic mass is 9.87. The van der Waals surface area contributed by atoms with Gasteiger partial charge in [-0.05, 0) is 17.7 Å². The van der Waals surface area contributed by atoms with Gasteiger partial charge in [-0.1, -0.05) is 19.1 Å². The second-order valence-electron chi connectivity index (χ2n) is 6.98. The predicted octanol–water partition coefficient (Wildman–Crippen LogP) is 0.129. The Bertz CT molecular complexity index is 827. The van der Waals surface area contributed by atoms with Crippen molar-refractivity contribution in [2.75, 3.05) is 21.3 Å². The van der Waals surface area contributed by atoms with Gasteiger partial charge in [-0.3, -0.25) is 19.2 Å². The molecule has 0 fully saturated rings. The number of carbonyl (C=O) groups is 5. The third-order valence-electron chi connectivity index (χ3n) is 4.76. The van der Waals surface area contributed by atoms with Crippen LogP contribution in [0, 0.1) is 17.7 Å². The zero-order valence-electron chi connectivity index (χ0n) is 18.5. The van der Waals surface area contributed by atoms with E-state index in [4.69, 9.17) is 4.74 Å². The Labute approximate surface area is 184 Å². The van der Waals surface area contributed by atoms with Gasteiger partial charge < -0.3 is 24.8 Å². The molecule has 0 heterocycles. The number of ether oxygens (including phenoxy) is 3. The van der Waals surface area contributed by atoms with Crippen molar-refractivity contribution in [2.24, 2.45) is 11.8 Å². The summed E-state index contributed by atoms with van der Waals surface area (Å²) in [4.78, 5) is 61.2. The average molecular weight is 454 g/mol. The highest BCUT2D eigenvalue weighted by Crippen LogP contribution is 2.21. The molecule has 0 unspecified atom stereocenters. The maximum absolute atomic E-state index is 13.2. The Hall–Kier alpha value is -3.50. The molecule has 176 valence electrons. The van der Waals surface area contributed by atoms with Gasteiger partial charge in [-0.15, -0.1) is 0 Å². The lowest BCUT2D eigenvalue weighted by molar-refractivity contribution is -0.163. The van der Waals surface area contributed by atoms with E-state index in [-0.39, 0.29) is 6.42 Å². The maximum atomic E-state index is 13.2. The van der Waals surface area contributed by atoms with Gasteiger partial charge >= 0.3 is 17.9 Å². The molecular weight excluding hydrogens is 427 g/mol. The summed E-state index contributed by atoms with van der Waals surface area (Å²) in [5.41, 5.74) is 0.546. The van der Waals surface area contributed by atoms with Crippen molar-refractivity contribution in [3.8, 4) is 0 Å². The van der Waals surface area contributed by atoms with Crippen molar-refractivity contribution in [2.45, 2.75) is 32.4 Å². The topological polar surface area (TPSA) is 137 Å². The number of carbonyl (C=O) groups excluding carboxylic acids is 5. The molecule has 0 radical (unpaired) electrons. The van der Waals surface area contributed by atoms with Crippen LogP contribution < -0.4 is 10.6 Å². The molecule has 2 N–H and O–H groups in total. The summed E-state index contributed by atoms with van der Waals surface area (Å²) >= 11 is 0. The SMILES string of the molecule is COC(=O)C(C(=O)OC)[C@H](C)[C@H](NC(=O)[C@H](Cc1ccc(F)cc1)NC(C)=O)C(=O)OC. The molecule has 1 aromatic carbocycles. The molecule has 2 amide bonds. The quantitative estimate of drug-likeness (QED) is 0.289. The molecule has 0 spiro atoms. The fourth-order valence-electron chi connectivity index (χ4n) is 3.07. The molecule has 0 aromatic heterocycles. The summed E-state index contributed by atoms with van der Waals surface area (Å²) in [5, 5.41) is 4.89. The molecule has 0 aliphatic rings. The standard InChI is InChI=1S/C21H27FN2O8/c1-11(16(19(27)30-3)20(28)31-4)17(21(29)32-5)24-18(26)15(23-12(2)25)10-13-6-8-14(22)9-7-13/h6-9,11,15-17H,10H2,1-5H3,(H,23,25)(H,24,26)/t11-,15-,17-/m0/s1. The van der Waals surface area contributed by atoms with Crippen molar-refractivity contribution in [3.05, 3.63) is 35.6 Å². The fraction of sp³-hybridized carbons (Fsp3) is 0.476. The predicted molar refractivity (Wildman–Crippen MR) is 108 cm³/mol. The molecular formula is C21H27FN2O8. The molecule has 0 saturated heterocycles. The Balaban J connectivity index is 3.19. The van der Waals surface area contributed by atoms with E-state index in [1.165, 1.54) is 38.1 Å².